The number of nitro groups is 1. The van der Waals surface area contributed by atoms with Crippen LogP contribution in [0, 0.1) is 10.1 Å². The average Bonchev–Trinajstić information content (AvgIpc) is 3.06. The Morgan fingerprint density at radius 2 is 1.90 bits per heavy atom. The van der Waals surface area contributed by atoms with Gasteiger partial charge in [0.15, 0.2) is 11.5 Å². The number of nitrogen functional groups attached to an aromatic ring is 1. The van der Waals surface area contributed by atoms with Crippen molar-refractivity contribution in [1.29, 1.82) is 0 Å². The average molecular weight is 306 g/mol. The molecule has 0 saturated carbocycles. The van der Waals surface area contributed by atoms with Gasteiger partial charge in [0.2, 0.25) is 5.88 Å². The van der Waals surface area contributed by atoms with Gasteiger partial charge in [-0.2, -0.15) is 0 Å². The minimum atomic E-state index is -0.630. The van der Waals surface area contributed by atoms with Crippen LogP contribution >= 0.6 is 11.6 Å². The van der Waals surface area contributed by atoms with Gasteiger partial charge in [-0.05, 0) is 23.8 Å². The largest absolute Gasteiger partial charge is 0.433 e. The van der Waals surface area contributed by atoms with Crippen LogP contribution in [-0.4, -0.2) is 10.1 Å². The fourth-order valence-corrected chi connectivity index (χ4v) is 2.05. The molecule has 0 saturated heterocycles. The van der Waals surface area contributed by atoms with Crippen LogP contribution in [0.5, 0.6) is 0 Å². The second-order valence-corrected chi connectivity index (χ2v) is 4.61. The summed E-state index contributed by atoms with van der Waals surface area (Å²) in [6, 6.07) is 9.55. The van der Waals surface area contributed by atoms with Gasteiger partial charge in [-0.3, -0.25) is 10.1 Å². The lowest BCUT2D eigenvalue weighted by molar-refractivity contribution is -0.401. The second kappa shape index (κ2) is 4.95. The Hall–Kier alpha value is -2.80. The van der Waals surface area contributed by atoms with Crippen molar-refractivity contribution in [3.05, 3.63) is 51.5 Å². The highest BCUT2D eigenvalue weighted by Gasteiger charge is 2.22. The van der Waals surface area contributed by atoms with Gasteiger partial charge >= 0.3 is 5.88 Å². The van der Waals surface area contributed by atoms with Gasteiger partial charge in [0.05, 0.1) is 11.6 Å². The fraction of sp³-hybridized carbons (Fsp3) is 0. The summed E-state index contributed by atoms with van der Waals surface area (Å²) in [5.74, 6) is -0.0906. The van der Waals surface area contributed by atoms with E-state index in [1.165, 1.54) is 12.1 Å². The first-order valence-corrected chi connectivity index (χ1v) is 6.19. The minimum Gasteiger partial charge on any atom is -0.399 e. The van der Waals surface area contributed by atoms with Crippen LogP contribution in [0.15, 0.2) is 45.3 Å². The zero-order valence-corrected chi connectivity index (χ0v) is 11.2. The highest BCUT2D eigenvalue weighted by molar-refractivity contribution is 6.30. The van der Waals surface area contributed by atoms with Crippen LogP contribution in [0.3, 0.4) is 0 Å². The van der Waals surface area contributed by atoms with E-state index in [1.54, 1.807) is 24.3 Å². The van der Waals surface area contributed by atoms with E-state index < -0.39 is 4.92 Å². The molecule has 0 radical (unpaired) electrons. The summed E-state index contributed by atoms with van der Waals surface area (Å²) in [5, 5.41) is 15.1. The minimum absolute atomic E-state index is 0.0892. The molecule has 2 heterocycles. The third-order valence-electron chi connectivity index (χ3n) is 2.86. The normalized spacial score (nSPS) is 10.7. The summed E-state index contributed by atoms with van der Waals surface area (Å²) in [6.45, 7) is 0. The van der Waals surface area contributed by atoms with Gasteiger partial charge in [-0.1, -0.05) is 28.9 Å². The third-order valence-corrected chi connectivity index (χ3v) is 3.11. The molecule has 0 aliphatic rings. The molecule has 8 heteroatoms. The van der Waals surface area contributed by atoms with E-state index in [4.69, 9.17) is 26.3 Å². The number of anilines is 1. The maximum Gasteiger partial charge on any atom is 0.433 e. The van der Waals surface area contributed by atoms with Gasteiger partial charge < -0.3 is 14.7 Å². The van der Waals surface area contributed by atoms with E-state index >= 15 is 0 Å². The number of nitrogens with zero attached hydrogens (tertiary/aromatic N) is 2. The summed E-state index contributed by atoms with van der Waals surface area (Å²) < 4.78 is 10.1. The summed E-state index contributed by atoms with van der Waals surface area (Å²) >= 11 is 5.84. The van der Waals surface area contributed by atoms with Crippen molar-refractivity contribution in [2.45, 2.75) is 0 Å². The van der Waals surface area contributed by atoms with E-state index in [1.807, 2.05) is 0 Å². The summed E-state index contributed by atoms with van der Waals surface area (Å²) in [5.41, 5.74) is 7.28. The molecule has 3 rings (SSSR count). The standard InChI is InChI=1S/C13H8ClN3O4/c14-8-3-1-7(2-4-8)11-12(16-21-13(11)15)9-5-6-10(20-9)17(18)19/h1-6H,15H2. The molecule has 0 fully saturated rings. The molecule has 0 aliphatic carbocycles. The molecule has 0 aliphatic heterocycles. The Balaban J connectivity index is 2.11. The van der Waals surface area contributed by atoms with E-state index in [2.05, 4.69) is 5.16 Å². The molecular formula is C13H8ClN3O4. The van der Waals surface area contributed by atoms with Crippen molar-refractivity contribution in [3.8, 4) is 22.6 Å². The molecule has 0 atom stereocenters. The monoisotopic (exact) mass is 305 g/mol. The molecule has 0 bridgehead atoms. The number of hydrogen-bond donors (Lipinski definition) is 1. The molecular weight excluding hydrogens is 298 g/mol. The molecule has 3 aromatic rings. The summed E-state index contributed by atoms with van der Waals surface area (Å²) in [7, 11) is 0. The fourth-order valence-electron chi connectivity index (χ4n) is 1.92. The Kier molecular flexibility index (Phi) is 3.11. The molecule has 106 valence electrons. The maximum absolute atomic E-state index is 10.7. The molecule has 0 unspecified atom stereocenters. The summed E-state index contributed by atoms with van der Waals surface area (Å²) in [6.07, 6.45) is 0. The molecule has 2 aromatic heterocycles. The van der Waals surface area contributed by atoms with Crippen molar-refractivity contribution in [2.24, 2.45) is 0 Å². The maximum atomic E-state index is 10.7. The topological polar surface area (TPSA) is 108 Å². The van der Waals surface area contributed by atoms with E-state index in [-0.39, 0.29) is 17.5 Å². The van der Waals surface area contributed by atoms with E-state index in [0.717, 1.165) is 0 Å². The number of benzene rings is 1. The van der Waals surface area contributed by atoms with Crippen LogP contribution in [0.25, 0.3) is 22.6 Å². The summed E-state index contributed by atoms with van der Waals surface area (Å²) in [4.78, 5) is 10.0. The zero-order chi connectivity index (χ0) is 15.0. The van der Waals surface area contributed by atoms with Crippen molar-refractivity contribution >= 4 is 23.4 Å². The van der Waals surface area contributed by atoms with Crippen LogP contribution in [0.2, 0.25) is 5.02 Å². The molecule has 1 aromatic carbocycles. The van der Waals surface area contributed by atoms with Gasteiger partial charge in [0, 0.05) is 5.02 Å². The highest BCUT2D eigenvalue weighted by Crippen LogP contribution is 2.38. The van der Waals surface area contributed by atoms with Crippen LogP contribution in [0.4, 0.5) is 11.8 Å². The quantitative estimate of drug-likeness (QED) is 0.583. The Morgan fingerprint density at radius 3 is 2.52 bits per heavy atom. The lowest BCUT2D eigenvalue weighted by Crippen LogP contribution is -1.87. The number of nitrogens with two attached hydrogens (primary N) is 1. The van der Waals surface area contributed by atoms with Gasteiger partial charge in [0.1, 0.15) is 4.92 Å². The SMILES string of the molecule is Nc1onc(-c2ccc([N+](=O)[O-])o2)c1-c1ccc(Cl)cc1. The van der Waals surface area contributed by atoms with Crippen molar-refractivity contribution in [3.63, 3.8) is 0 Å². The predicted molar refractivity (Wildman–Crippen MR) is 75.7 cm³/mol. The third kappa shape index (κ3) is 2.34. The van der Waals surface area contributed by atoms with Crippen molar-refractivity contribution in [2.75, 3.05) is 5.73 Å². The first-order chi connectivity index (χ1) is 10.1. The molecule has 2 N–H and O–H groups in total. The van der Waals surface area contributed by atoms with Gasteiger partial charge in [0.25, 0.3) is 0 Å². The van der Waals surface area contributed by atoms with E-state index in [0.29, 0.717) is 21.8 Å². The Morgan fingerprint density at radius 1 is 1.19 bits per heavy atom. The Bertz CT molecular complexity index is 807. The van der Waals surface area contributed by atoms with E-state index in [9.17, 15) is 10.1 Å². The lowest BCUT2D eigenvalue weighted by atomic mass is 10.0. The number of furan rings is 1. The highest BCUT2D eigenvalue weighted by atomic mass is 35.5. The number of aromatic nitrogens is 1. The van der Waals surface area contributed by atoms with Crippen LogP contribution < -0.4 is 5.73 Å². The number of halogens is 1. The lowest BCUT2D eigenvalue weighted by Gasteiger charge is -2.00. The molecule has 21 heavy (non-hydrogen) atoms. The van der Waals surface area contributed by atoms with Crippen LogP contribution in [-0.2, 0) is 0 Å². The molecule has 0 spiro atoms. The number of hydrogen-bond acceptors (Lipinski definition) is 6. The van der Waals surface area contributed by atoms with Crippen molar-refractivity contribution in [1.82, 2.24) is 5.16 Å². The first kappa shape index (κ1) is 13.2. The zero-order valence-electron chi connectivity index (χ0n) is 10.4. The second-order valence-electron chi connectivity index (χ2n) is 4.17. The predicted octanol–water partition coefficient (Wildman–Crippen LogP) is 3.75. The molecule has 7 nitrogen and oxygen atoms in total. The number of rotatable bonds is 3. The molecule has 0 amide bonds. The van der Waals surface area contributed by atoms with Gasteiger partial charge in [-0.15, -0.1) is 0 Å². The Labute approximate surface area is 123 Å². The van der Waals surface area contributed by atoms with Crippen LogP contribution in [0.1, 0.15) is 0 Å². The smallest absolute Gasteiger partial charge is 0.399 e. The van der Waals surface area contributed by atoms with Gasteiger partial charge in [-0.25, -0.2) is 0 Å². The first-order valence-electron chi connectivity index (χ1n) is 5.82. The van der Waals surface area contributed by atoms with Crippen molar-refractivity contribution < 1.29 is 13.9 Å².